The molecule has 0 radical (unpaired) electrons. The van der Waals surface area contributed by atoms with Gasteiger partial charge in [0.2, 0.25) is 0 Å². The van der Waals surface area contributed by atoms with Crippen molar-refractivity contribution >= 4 is 15.8 Å². The molecule has 16 heavy (non-hydrogen) atoms. The number of benzene rings is 1. The van der Waals surface area contributed by atoms with Crippen LogP contribution in [0.3, 0.4) is 0 Å². The minimum absolute atomic E-state index is 0. The summed E-state index contributed by atoms with van der Waals surface area (Å²) in [6.07, 6.45) is 0. The van der Waals surface area contributed by atoms with Gasteiger partial charge in [0.25, 0.3) is 5.69 Å². The number of nitrogens with zero attached hydrogens (tertiary/aromatic N) is 1. The molecule has 0 atom stereocenters. The summed E-state index contributed by atoms with van der Waals surface area (Å²) in [4.78, 5) is 9.48. The summed E-state index contributed by atoms with van der Waals surface area (Å²) in [5, 5.41) is 10.3. The molecule has 9 heteroatoms. The van der Waals surface area contributed by atoms with Gasteiger partial charge < -0.3 is 4.55 Å². The summed E-state index contributed by atoms with van der Waals surface area (Å²) < 4.78 is 44.0. The average molecular weight is 257 g/mol. The van der Waals surface area contributed by atoms with E-state index in [0.29, 0.717) is 0 Å². The first-order valence-electron chi connectivity index (χ1n) is 3.66. The Labute approximate surface area is 113 Å². The molecule has 0 aliphatic rings. The molecular weight excluding hydrogens is 252 g/mol. The number of hydrogen-bond acceptors (Lipinski definition) is 5. The SMILES string of the molecule is O=[N+]([O-])c1ccc(F)c(CS(=O)(=O)[O-])c1.[Na+]. The molecule has 0 saturated heterocycles. The second kappa shape index (κ2) is 5.69. The molecule has 0 amide bonds. The molecule has 0 aliphatic carbocycles. The molecule has 0 unspecified atom stereocenters. The van der Waals surface area contributed by atoms with Crippen molar-refractivity contribution in [3.05, 3.63) is 39.7 Å². The van der Waals surface area contributed by atoms with Crippen LogP contribution in [0.5, 0.6) is 0 Å². The third-order valence-corrected chi connectivity index (χ3v) is 2.24. The Morgan fingerprint density at radius 3 is 2.38 bits per heavy atom. The maximum Gasteiger partial charge on any atom is 1.00 e. The maximum atomic E-state index is 12.9. The van der Waals surface area contributed by atoms with Crippen LogP contribution < -0.4 is 29.6 Å². The molecule has 0 bridgehead atoms. The summed E-state index contributed by atoms with van der Waals surface area (Å²) in [6, 6.07) is 2.36. The van der Waals surface area contributed by atoms with Crippen molar-refractivity contribution in [1.82, 2.24) is 0 Å². The second-order valence-corrected chi connectivity index (χ2v) is 4.14. The summed E-state index contributed by atoms with van der Waals surface area (Å²) >= 11 is 0. The van der Waals surface area contributed by atoms with Crippen LogP contribution in [0.4, 0.5) is 10.1 Å². The molecular formula is C7H5FNNaO5S. The minimum Gasteiger partial charge on any atom is -0.748 e. The molecule has 0 saturated carbocycles. The van der Waals surface area contributed by atoms with E-state index in [1.54, 1.807) is 0 Å². The van der Waals surface area contributed by atoms with Gasteiger partial charge in [0.15, 0.2) is 0 Å². The van der Waals surface area contributed by atoms with Crippen LogP contribution in [0.15, 0.2) is 18.2 Å². The number of hydrogen-bond donors (Lipinski definition) is 0. The van der Waals surface area contributed by atoms with Crippen LogP contribution in [0.1, 0.15) is 5.56 Å². The quantitative estimate of drug-likeness (QED) is 0.264. The molecule has 0 spiro atoms. The third kappa shape index (κ3) is 4.54. The number of nitro groups is 1. The number of rotatable bonds is 3. The van der Waals surface area contributed by atoms with E-state index in [2.05, 4.69) is 0 Å². The molecule has 0 fully saturated rings. The first-order valence-corrected chi connectivity index (χ1v) is 5.24. The largest absolute Gasteiger partial charge is 1.00 e. The van der Waals surface area contributed by atoms with E-state index in [1.807, 2.05) is 0 Å². The third-order valence-electron chi connectivity index (χ3n) is 1.57. The first-order chi connectivity index (χ1) is 6.79. The standard InChI is InChI=1S/C7H6FNO5S.Na/c8-7-2-1-6(9(10)11)3-5(7)4-15(12,13)14;/h1-3H,4H2,(H,12,13,14);/q;+1/p-1. The number of nitro benzene ring substituents is 1. The van der Waals surface area contributed by atoms with Crippen molar-refractivity contribution in [2.75, 3.05) is 0 Å². The predicted octanol–water partition coefficient (Wildman–Crippen LogP) is -2.22. The molecule has 0 N–H and O–H groups in total. The smallest absolute Gasteiger partial charge is 0.748 e. The Bertz CT molecular complexity index is 503. The van der Waals surface area contributed by atoms with Crippen molar-refractivity contribution in [2.45, 2.75) is 5.75 Å². The van der Waals surface area contributed by atoms with E-state index in [0.717, 1.165) is 18.2 Å². The van der Waals surface area contributed by atoms with E-state index in [1.165, 1.54) is 0 Å². The molecule has 0 heterocycles. The molecule has 1 aromatic rings. The molecule has 0 aliphatic heterocycles. The molecule has 0 aromatic heterocycles. The fourth-order valence-corrected chi connectivity index (χ4v) is 1.58. The van der Waals surface area contributed by atoms with Gasteiger partial charge in [0, 0.05) is 17.7 Å². The van der Waals surface area contributed by atoms with Crippen molar-refractivity contribution in [1.29, 1.82) is 0 Å². The van der Waals surface area contributed by atoms with Gasteiger partial charge in [-0.25, -0.2) is 12.8 Å². The Hall–Kier alpha value is -0.540. The zero-order chi connectivity index (χ0) is 11.6. The molecule has 6 nitrogen and oxygen atoms in total. The summed E-state index contributed by atoms with van der Waals surface area (Å²) in [5.74, 6) is -2.06. The fourth-order valence-electron chi connectivity index (χ4n) is 0.976. The van der Waals surface area contributed by atoms with Crippen molar-refractivity contribution in [3.63, 3.8) is 0 Å². The minimum atomic E-state index is -4.65. The second-order valence-electron chi connectivity index (χ2n) is 2.73. The maximum absolute atomic E-state index is 12.9. The molecule has 1 aromatic carbocycles. The Morgan fingerprint density at radius 1 is 1.38 bits per heavy atom. The number of halogens is 1. The van der Waals surface area contributed by atoms with Gasteiger partial charge in [-0.1, -0.05) is 0 Å². The van der Waals surface area contributed by atoms with Crippen molar-refractivity contribution < 1.29 is 51.8 Å². The molecule has 82 valence electrons. The Morgan fingerprint density at radius 2 is 1.94 bits per heavy atom. The summed E-state index contributed by atoms with van der Waals surface area (Å²) in [5.41, 5.74) is -0.964. The van der Waals surface area contributed by atoms with E-state index in [9.17, 15) is 27.5 Å². The van der Waals surface area contributed by atoms with Crippen LogP contribution in [-0.4, -0.2) is 17.9 Å². The summed E-state index contributed by atoms with van der Waals surface area (Å²) in [6.45, 7) is 0. The van der Waals surface area contributed by atoms with E-state index in [4.69, 9.17) is 0 Å². The van der Waals surface area contributed by atoms with Gasteiger partial charge >= 0.3 is 29.6 Å². The zero-order valence-corrected chi connectivity index (χ0v) is 11.0. The van der Waals surface area contributed by atoms with Gasteiger partial charge in [-0.15, -0.1) is 0 Å². The first kappa shape index (κ1) is 15.5. The zero-order valence-electron chi connectivity index (χ0n) is 8.21. The van der Waals surface area contributed by atoms with Gasteiger partial charge in [0.1, 0.15) is 5.82 Å². The number of non-ortho nitro benzene ring substituents is 1. The van der Waals surface area contributed by atoms with E-state index in [-0.39, 0.29) is 29.6 Å². The van der Waals surface area contributed by atoms with Gasteiger partial charge in [-0.05, 0) is 6.07 Å². The van der Waals surface area contributed by atoms with Crippen LogP contribution in [0, 0.1) is 15.9 Å². The van der Waals surface area contributed by atoms with Crippen LogP contribution >= 0.6 is 0 Å². The van der Waals surface area contributed by atoms with E-state index < -0.39 is 37.9 Å². The van der Waals surface area contributed by atoms with Gasteiger partial charge in [0.05, 0.1) is 20.8 Å². The van der Waals surface area contributed by atoms with Crippen LogP contribution in [0.25, 0.3) is 0 Å². The van der Waals surface area contributed by atoms with Gasteiger partial charge in [-0.2, -0.15) is 0 Å². The summed E-state index contributed by atoms with van der Waals surface area (Å²) in [7, 11) is -4.65. The van der Waals surface area contributed by atoms with Crippen LogP contribution in [-0.2, 0) is 15.9 Å². The fraction of sp³-hybridized carbons (Fsp3) is 0.143. The van der Waals surface area contributed by atoms with Crippen molar-refractivity contribution in [3.8, 4) is 0 Å². The van der Waals surface area contributed by atoms with Crippen molar-refractivity contribution in [2.24, 2.45) is 0 Å². The average Bonchev–Trinajstić information content (AvgIpc) is 2.06. The van der Waals surface area contributed by atoms with Crippen LogP contribution in [0.2, 0.25) is 0 Å². The molecule has 1 rings (SSSR count). The van der Waals surface area contributed by atoms with E-state index >= 15 is 0 Å². The Balaban J connectivity index is 0.00000225. The van der Waals surface area contributed by atoms with Gasteiger partial charge in [-0.3, -0.25) is 10.1 Å². The normalized spacial score (nSPS) is 10.6. The predicted molar refractivity (Wildman–Crippen MR) is 46.5 cm³/mol. The monoisotopic (exact) mass is 257 g/mol. The Kier molecular flexibility index (Phi) is 5.50. The topological polar surface area (TPSA) is 100 Å².